The second-order valence-electron chi connectivity index (χ2n) is 5.19. The van der Waals surface area contributed by atoms with E-state index in [9.17, 15) is 4.79 Å². The Morgan fingerprint density at radius 2 is 2.25 bits per heavy atom. The first-order chi connectivity index (χ1) is 9.58. The van der Waals surface area contributed by atoms with E-state index in [-0.39, 0.29) is 11.7 Å². The Kier molecular flexibility index (Phi) is 4.59. The Hall–Kier alpha value is -1.63. The van der Waals surface area contributed by atoms with Gasteiger partial charge >= 0.3 is 0 Å². The van der Waals surface area contributed by atoms with Gasteiger partial charge in [-0.1, -0.05) is 24.4 Å². The molecule has 20 heavy (non-hydrogen) atoms. The molecular weight excluding hydrogens is 276 g/mol. The fraction of sp³-hybridized carbons (Fsp3) is 0.615. The average Bonchev–Trinajstić information content (AvgIpc) is 2.90. The highest BCUT2D eigenvalue weighted by atomic mass is 32.1. The van der Waals surface area contributed by atoms with Crippen LogP contribution in [0.1, 0.15) is 42.8 Å². The molecule has 7 heteroatoms. The highest BCUT2D eigenvalue weighted by Crippen LogP contribution is 2.36. The highest BCUT2D eigenvalue weighted by Gasteiger charge is 2.43. The van der Waals surface area contributed by atoms with Gasteiger partial charge < -0.3 is 16.3 Å². The van der Waals surface area contributed by atoms with Crippen LogP contribution in [0.25, 0.3) is 0 Å². The molecule has 1 heterocycles. The summed E-state index contributed by atoms with van der Waals surface area (Å²) in [5, 5.41) is 17.7. The molecule has 0 radical (unpaired) electrons. The Balaban J connectivity index is 2.07. The third kappa shape index (κ3) is 2.92. The van der Waals surface area contributed by atoms with Crippen LogP contribution in [0.15, 0.2) is 10.5 Å². The molecule has 1 aliphatic rings. The quantitative estimate of drug-likeness (QED) is 0.341. The Labute approximate surface area is 122 Å². The summed E-state index contributed by atoms with van der Waals surface area (Å²) in [6.45, 7) is 2.30. The van der Waals surface area contributed by atoms with E-state index in [1.54, 1.807) is 0 Å². The van der Waals surface area contributed by atoms with Gasteiger partial charge in [0, 0.05) is 11.1 Å². The van der Waals surface area contributed by atoms with Crippen LogP contribution < -0.4 is 11.1 Å². The molecule has 1 saturated carbocycles. The van der Waals surface area contributed by atoms with E-state index in [4.69, 9.17) is 10.9 Å². The number of carbonyl (C=O) groups excluding carboxylic acids is 1. The summed E-state index contributed by atoms with van der Waals surface area (Å²) < 4.78 is 0. The molecule has 0 saturated heterocycles. The van der Waals surface area contributed by atoms with Crippen molar-refractivity contribution in [3.05, 3.63) is 16.1 Å². The molecule has 2 rings (SSSR count). The number of amidine groups is 1. The summed E-state index contributed by atoms with van der Waals surface area (Å²) in [7, 11) is 0. The normalized spacial score (nSPS) is 18.8. The van der Waals surface area contributed by atoms with Gasteiger partial charge in [0.25, 0.3) is 0 Å². The standard InChI is InChI=1S/C13H20N4O2S/c1-9-8-20-10(16-9)7-15-12(18)13(11(14)17-19)5-3-2-4-6-13/h8,19H,2-7H2,1H3,(H2,14,17)(H,15,18). The van der Waals surface area contributed by atoms with Crippen LogP contribution in [-0.4, -0.2) is 21.9 Å². The fourth-order valence-corrected chi connectivity index (χ4v) is 3.37. The minimum absolute atomic E-state index is 0.0185. The maximum Gasteiger partial charge on any atom is 0.234 e. The van der Waals surface area contributed by atoms with Crippen LogP contribution in [0.4, 0.5) is 0 Å². The van der Waals surface area contributed by atoms with Gasteiger partial charge in [-0.05, 0) is 19.8 Å². The molecule has 1 aromatic rings. The number of nitrogens with zero attached hydrogens (tertiary/aromatic N) is 2. The van der Waals surface area contributed by atoms with Crippen molar-refractivity contribution in [1.29, 1.82) is 0 Å². The predicted octanol–water partition coefficient (Wildman–Crippen LogP) is 1.76. The first kappa shape index (κ1) is 14.8. The summed E-state index contributed by atoms with van der Waals surface area (Å²) in [5.41, 5.74) is 5.87. The zero-order valence-corrected chi connectivity index (χ0v) is 12.4. The summed E-state index contributed by atoms with van der Waals surface area (Å²) in [5.74, 6) is -0.148. The molecule has 0 atom stereocenters. The van der Waals surface area contributed by atoms with Crippen molar-refractivity contribution in [2.24, 2.45) is 16.3 Å². The van der Waals surface area contributed by atoms with Crippen molar-refractivity contribution in [3.63, 3.8) is 0 Å². The van der Waals surface area contributed by atoms with Gasteiger partial charge in [-0.2, -0.15) is 0 Å². The number of thiazole rings is 1. The lowest BCUT2D eigenvalue weighted by Crippen LogP contribution is -2.50. The molecule has 1 aliphatic carbocycles. The van der Waals surface area contributed by atoms with Crippen LogP contribution in [0, 0.1) is 12.3 Å². The number of nitrogens with one attached hydrogen (secondary N) is 1. The predicted molar refractivity (Wildman–Crippen MR) is 77.6 cm³/mol. The number of rotatable bonds is 4. The van der Waals surface area contributed by atoms with Gasteiger partial charge in [0.05, 0.1) is 6.54 Å². The second-order valence-corrected chi connectivity index (χ2v) is 6.14. The molecule has 0 unspecified atom stereocenters. The lowest BCUT2D eigenvalue weighted by Gasteiger charge is -2.34. The van der Waals surface area contributed by atoms with E-state index in [2.05, 4.69) is 15.5 Å². The average molecular weight is 296 g/mol. The van der Waals surface area contributed by atoms with E-state index < -0.39 is 5.41 Å². The number of hydrogen-bond acceptors (Lipinski definition) is 5. The molecule has 0 aromatic carbocycles. The number of nitrogens with two attached hydrogens (primary N) is 1. The van der Waals surface area contributed by atoms with Gasteiger partial charge in [-0.3, -0.25) is 4.79 Å². The molecule has 1 aromatic heterocycles. The number of amides is 1. The van der Waals surface area contributed by atoms with Crippen molar-refractivity contribution in [3.8, 4) is 0 Å². The van der Waals surface area contributed by atoms with Gasteiger partial charge in [0.2, 0.25) is 5.91 Å². The number of aromatic nitrogens is 1. The van der Waals surface area contributed by atoms with E-state index in [1.807, 2.05) is 12.3 Å². The maximum atomic E-state index is 12.5. The zero-order chi connectivity index (χ0) is 14.6. The van der Waals surface area contributed by atoms with Crippen LogP contribution in [0.3, 0.4) is 0 Å². The Morgan fingerprint density at radius 3 is 2.80 bits per heavy atom. The lowest BCUT2D eigenvalue weighted by atomic mass is 9.72. The van der Waals surface area contributed by atoms with Crippen LogP contribution >= 0.6 is 11.3 Å². The number of oxime groups is 1. The first-order valence-corrected chi connectivity index (χ1v) is 7.64. The largest absolute Gasteiger partial charge is 0.409 e. The number of aryl methyl sites for hydroxylation is 1. The van der Waals surface area contributed by atoms with Crippen molar-refractivity contribution in [2.75, 3.05) is 0 Å². The Bertz CT molecular complexity index is 506. The summed E-state index contributed by atoms with van der Waals surface area (Å²) in [6.07, 6.45) is 4.18. The molecule has 1 fully saturated rings. The smallest absolute Gasteiger partial charge is 0.234 e. The molecule has 6 nitrogen and oxygen atoms in total. The molecule has 4 N–H and O–H groups in total. The van der Waals surface area contributed by atoms with Crippen LogP contribution in [-0.2, 0) is 11.3 Å². The first-order valence-electron chi connectivity index (χ1n) is 6.76. The molecule has 0 bridgehead atoms. The molecule has 0 aliphatic heterocycles. The van der Waals surface area contributed by atoms with E-state index >= 15 is 0 Å². The topological polar surface area (TPSA) is 101 Å². The molecule has 110 valence electrons. The third-order valence-electron chi connectivity index (χ3n) is 3.81. The van der Waals surface area contributed by atoms with Gasteiger partial charge in [-0.15, -0.1) is 11.3 Å². The van der Waals surface area contributed by atoms with Gasteiger partial charge in [0.15, 0.2) is 5.84 Å². The summed E-state index contributed by atoms with van der Waals surface area (Å²) in [4.78, 5) is 16.8. The highest BCUT2D eigenvalue weighted by molar-refractivity contribution is 7.09. The van der Waals surface area contributed by atoms with Gasteiger partial charge in [0.1, 0.15) is 10.4 Å². The molecular formula is C13H20N4O2S. The second kappa shape index (κ2) is 6.21. The minimum Gasteiger partial charge on any atom is -0.409 e. The minimum atomic E-state index is -0.862. The van der Waals surface area contributed by atoms with E-state index in [0.29, 0.717) is 19.4 Å². The van der Waals surface area contributed by atoms with Crippen LogP contribution in [0.2, 0.25) is 0 Å². The van der Waals surface area contributed by atoms with E-state index in [1.165, 1.54) is 11.3 Å². The zero-order valence-electron chi connectivity index (χ0n) is 11.6. The van der Waals surface area contributed by atoms with Crippen molar-refractivity contribution >= 4 is 23.1 Å². The monoisotopic (exact) mass is 296 g/mol. The third-order valence-corrected chi connectivity index (χ3v) is 4.77. The summed E-state index contributed by atoms with van der Waals surface area (Å²) in [6, 6.07) is 0. The molecule has 0 spiro atoms. The van der Waals surface area contributed by atoms with E-state index in [0.717, 1.165) is 30.0 Å². The fourth-order valence-electron chi connectivity index (χ4n) is 2.66. The lowest BCUT2D eigenvalue weighted by molar-refractivity contribution is -0.129. The SMILES string of the molecule is Cc1csc(CNC(=O)C2(C(N)=NO)CCCCC2)n1. The number of hydrogen-bond donors (Lipinski definition) is 3. The van der Waals surface area contributed by atoms with Crippen molar-refractivity contribution < 1.29 is 10.0 Å². The van der Waals surface area contributed by atoms with Crippen LogP contribution in [0.5, 0.6) is 0 Å². The van der Waals surface area contributed by atoms with Gasteiger partial charge in [-0.25, -0.2) is 4.98 Å². The maximum absolute atomic E-state index is 12.5. The van der Waals surface area contributed by atoms with Crippen molar-refractivity contribution in [1.82, 2.24) is 10.3 Å². The van der Waals surface area contributed by atoms with Crippen molar-refractivity contribution in [2.45, 2.75) is 45.6 Å². The summed E-state index contributed by atoms with van der Waals surface area (Å²) >= 11 is 1.51. The molecule has 1 amide bonds. The Morgan fingerprint density at radius 1 is 1.55 bits per heavy atom. The number of carbonyl (C=O) groups is 1.